The van der Waals surface area contributed by atoms with Gasteiger partial charge in [-0.2, -0.15) is 10.5 Å². The molecule has 0 fully saturated rings. The molecule has 0 saturated carbocycles. The fourth-order valence-electron chi connectivity index (χ4n) is 1.50. The van der Waals surface area contributed by atoms with E-state index in [-0.39, 0.29) is 5.57 Å². The summed E-state index contributed by atoms with van der Waals surface area (Å²) in [6, 6.07) is 13.8. The molecule has 1 aromatic carbocycles. The zero-order valence-corrected chi connectivity index (χ0v) is 10.7. The van der Waals surface area contributed by atoms with Gasteiger partial charge >= 0.3 is 0 Å². The zero-order valence-electron chi connectivity index (χ0n) is 9.84. The van der Waals surface area contributed by atoms with Gasteiger partial charge in [-0.05, 0) is 11.8 Å². The fourth-order valence-corrected chi connectivity index (χ4v) is 2.17. The van der Waals surface area contributed by atoms with E-state index < -0.39 is 0 Å². The van der Waals surface area contributed by atoms with Crippen molar-refractivity contribution >= 4 is 11.8 Å². The minimum atomic E-state index is 0.163. The van der Waals surface area contributed by atoms with Crippen molar-refractivity contribution < 1.29 is 0 Å². The number of benzene rings is 1. The van der Waals surface area contributed by atoms with Crippen molar-refractivity contribution in [3.8, 4) is 12.1 Å². The molecular formula is C13H13N3S. The van der Waals surface area contributed by atoms with Crippen LogP contribution in [0.25, 0.3) is 0 Å². The third kappa shape index (κ3) is 3.55. The van der Waals surface area contributed by atoms with Gasteiger partial charge in [0, 0.05) is 13.6 Å². The highest BCUT2D eigenvalue weighted by Gasteiger charge is 2.10. The molecule has 86 valence electrons. The minimum absolute atomic E-state index is 0.163. The lowest BCUT2D eigenvalue weighted by Gasteiger charge is -2.21. The Morgan fingerprint density at radius 1 is 1.24 bits per heavy atom. The van der Waals surface area contributed by atoms with Crippen LogP contribution >= 0.6 is 11.8 Å². The molecule has 0 aliphatic carbocycles. The maximum Gasteiger partial charge on any atom is 0.159 e. The van der Waals surface area contributed by atoms with Crippen molar-refractivity contribution in [2.24, 2.45) is 0 Å². The predicted molar refractivity (Wildman–Crippen MR) is 69.7 cm³/mol. The highest BCUT2D eigenvalue weighted by atomic mass is 32.2. The molecule has 0 atom stereocenters. The monoisotopic (exact) mass is 243 g/mol. The SMILES string of the molecule is CSC(=C(C#N)C#N)N(C)Cc1ccccc1. The van der Waals surface area contributed by atoms with Gasteiger partial charge in [0.05, 0.1) is 5.03 Å². The summed E-state index contributed by atoms with van der Waals surface area (Å²) < 4.78 is 0. The third-order valence-corrected chi connectivity index (χ3v) is 3.14. The molecule has 0 amide bonds. The van der Waals surface area contributed by atoms with Gasteiger partial charge in [-0.1, -0.05) is 30.3 Å². The maximum atomic E-state index is 8.87. The molecule has 3 nitrogen and oxygen atoms in total. The Balaban J connectivity index is 2.90. The molecular weight excluding hydrogens is 230 g/mol. The van der Waals surface area contributed by atoms with Crippen LogP contribution in [0.3, 0.4) is 0 Å². The first-order valence-corrected chi connectivity index (χ1v) is 6.29. The van der Waals surface area contributed by atoms with Gasteiger partial charge < -0.3 is 4.90 Å². The summed E-state index contributed by atoms with van der Waals surface area (Å²) in [6.45, 7) is 0.684. The largest absolute Gasteiger partial charge is 0.363 e. The Kier molecular flexibility index (Phi) is 5.13. The summed E-state index contributed by atoms with van der Waals surface area (Å²) in [5.74, 6) is 0. The van der Waals surface area contributed by atoms with Crippen molar-refractivity contribution in [3.05, 3.63) is 46.5 Å². The fraction of sp³-hybridized carbons (Fsp3) is 0.231. The van der Waals surface area contributed by atoms with E-state index in [1.807, 2.05) is 60.7 Å². The zero-order chi connectivity index (χ0) is 12.7. The lowest BCUT2D eigenvalue weighted by Crippen LogP contribution is -2.16. The van der Waals surface area contributed by atoms with Crippen LogP contribution < -0.4 is 0 Å². The molecule has 0 aliphatic rings. The molecule has 4 heteroatoms. The van der Waals surface area contributed by atoms with Crippen LogP contribution in [0.1, 0.15) is 5.56 Å². The van der Waals surface area contributed by atoms with Crippen molar-refractivity contribution in [2.45, 2.75) is 6.54 Å². The van der Waals surface area contributed by atoms with Crippen molar-refractivity contribution in [1.82, 2.24) is 4.90 Å². The van der Waals surface area contributed by atoms with Crippen LogP contribution in [-0.2, 0) is 6.54 Å². The summed E-state index contributed by atoms with van der Waals surface area (Å²) in [7, 11) is 1.88. The Labute approximate surface area is 106 Å². The number of nitriles is 2. The van der Waals surface area contributed by atoms with E-state index in [1.54, 1.807) is 0 Å². The van der Waals surface area contributed by atoms with E-state index >= 15 is 0 Å². The quantitative estimate of drug-likeness (QED) is 0.763. The van der Waals surface area contributed by atoms with E-state index in [0.29, 0.717) is 11.6 Å². The van der Waals surface area contributed by atoms with Crippen LogP contribution in [0.4, 0.5) is 0 Å². The molecule has 0 heterocycles. The molecule has 0 N–H and O–H groups in total. The van der Waals surface area contributed by atoms with Gasteiger partial charge in [0.25, 0.3) is 0 Å². The summed E-state index contributed by atoms with van der Waals surface area (Å²) >= 11 is 1.42. The number of nitrogens with zero attached hydrogens (tertiary/aromatic N) is 3. The second-order valence-electron chi connectivity index (χ2n) is 3.45. The van der Waals surface area contributed by atoms with Gasteiger partial charge in [-0.3, -0.25) is 0 Å². The van der Waals surface area contributed by atoms with Crippen LogP contribution in [0.2, 0.25) is 0 Å². The summed E-state index contributed by atoms with van der Waals surface area (Å²) in [4.78, 5) is 1.92. The minimum Gasteiger partial charge on any atom is -0.363 e. The van der Waals surface area contributed by atoms with Crippen LogP contribution in [0, 0.1) is 22.7 Å². The number of hydrogen-bond donors (Lipinski definition) is 0. The molecule has 0 unspecified atom stereocenters. The van der Waals surface area contributed by atoms with Gasteiger partial charge in [-0.15, -0.1) is 11.8 Å². The highest BCUT2D eigenvalue weighted by Crippen LogP contribution is 2.21. The number of allylic oxidation sites excluding steroid dienone is 1. The molecule has 0 saturated heterocycles. The first-order chi connectivity index (χ1) is 8.22. The first kappa shape index (κ1) is 13.2. The van der Waals surface area contributed by atoms with E-state index in [4.69, 9.17) is 10.5 Å². The van der Waals surface area contributed by atoms with E-state index in [0.717, 1.165) is 5.56 Å². The molecule has 0 aliphatic heterocycles. The average Bonchev–Trinajstić information content (AvgIpc) is 2.36. The summed E-state index contributed by atoms with van der Waals surface area (Å²) in [6.07, 6.45) is 1.87. The first-order valence-electron chi connectivity index (χ1n) is 5.06. The van der Waals surface area contributed by atoms with Gasteiger partial charge in [0.15, 0.2) is 5.57 Å². The van der Waals surface area contributed by atoms with E-state index in [1.165, 1.54) is 11.8 Å². The van der Waals surface area contributed by atoms with Crippen LogP contribution in [0.15, 0.2) is 40.9 Å². The lowest BCUT2D eigenvalue weighted by atomic mass is 10.2. The maximum absolute atomic E-state index is 8.87. The third-order valence-electron chi connectivity index (χ3n) is 2.24. The molecule has 0 bridgehead atoms. The van der Waals surface area contributed by atoms with Gasteiger partial charge in [0.2, 0.25) is 0 Å². The number of thioether (sulfide) groups is 1. The smallest absolute Gasteiger partial charge is 0.159 e. The van der Waals surface area contributed by atoms with Crippen molar-refractivity contribution in [1.29, 1.82) is 10.5 Å². The van der Waals surface area contributed by atoms with Gasteiger partial charge in [-0.25, -0.2) is 0 Å². The van der Waals surface area contributed by atoms with E-state index in [9.17, 15) is 0 Å². The lowest BCUT2D eigenvalue weighted by molar-refractivity contribution is 0.439. The Morgan fingerprint density at radius 3 is 2.29 bits per heavy atom. The summed E-state index contributed by atoms with van der Waals surface area (Å²) in [5.41, 5.74) is 1.31. The average molecular weight is 243 g/mol. The molecule has 1 rings (SSSR count). The van der Waals surface area contributed by atoms with Crippen LogP contribution in [0.5, 0.6) is 0 Å². The molecule has 0 radical (unpaired) electrons. The summed E-state index contributed by atoms with van der Waals surface area (Å²) in [5, 5.41) is 18.5. The number of rotatable bonds is 4. The van der Waals surface area contributed by atoms with E-state index in [2.05, 4.69) is 0 Å². The Bertz CT molecular complexity index is 464. The molecule has 1 aromatic rings. The Hall–Kier alpha value is -1.91. The second-order valence-corrected chi connectivity index (χ2v) is 4.24. The normalized spacial score (nSPS) is 8.94. The highest BCUT2D eigenvalue weighted by molar-refractivity contribution is 8.02. The molecule has 17 heavy (non-hydrogen) atoms. The van der Waals surface area contributed by atoms with Crippen LogP contribution in [-0.4, -0.2) is 18.2 Å². The Morgan fingerprint density at radius 2 is 1.82 bits per heavy atom. The van der Waals surface area contributed by atoms with Crippen molar-refractivity contribution in [3.63, 3.8) is 0 Å². The topological polar surface area (TPSA) is 50.8 Å². The molecule has 0 spiro atoms. The van der Waals surface area contributed by atoms with Gasteiger partial charge in [0.1, 0.15) is 12.1 Å². The predicted octanol–water partition coefficient (Wildman–Crippen LogP) is 2.74. The second kappa shape index (κ2) is 6.62. The van der Waals surface area contributed by atoms with Crippen molar-refractivity contribution in [2.75, 3.05) is 13.3 Å². The standard InChI is InChI=1S/C13H13N3S/c1-16(10-11-6-4-3-5-7-11)13(17-2)12(8-14)9-15/h3-7H,10H2,1-2H3. The molecule has 0 aromatic heterocycles. The number of hydrogen-bond acceptors (Lipinski definition) is 4.